The average molecular weight is 237 g/mol. The summed E-state index contributed by atoms with van der Waals surface area (Å²) in [6.07, 6.45) is 1.13. The normalized spacial score (nSPS) is 12.2. The van der Waals surface area contributed by atoms with Gasteiger partial charge in [0.2, 0.25) is 0 Å². The number of methoxy groups -OCH3 is 1. The molecule has 0 fully saturated rings. The maximum Gasteiger partial charge on any atom is 0.161 e. The Hall–Kier alpha value is -1.22. The van der Waals surface area contributed by atoms with E-state index in [4.69, 9.17) is 9.47 Å². The van der Waals surface area contributed by atoms with E-state index < -0.39 is 0 Å². The first kappa shape index (κ1) is 13.8. The highest BCUT2D eigenvalue weighted by molar-refractivity contribution is 5.42. The summed E-state index contributed by atoms with van der Waals surface area (Å²) in [7, 11) is 1.66. The average Bonchev–Trinajstić information content (AvgIpc) is 2.36. The molecule has 0 radical (unpaired) electrons. The first-order chi connectivity index (χ1) is 8.21. The predicted octanol–water partition coefficient (Wildman–Crippen LogP) is 2.98. The van der Waals surface area contributed by atoms with Crippen LogP contribution in [0.5, 0.6) is 11.5 Å². The van der Waals surface area contributed by atoms with Crippen LogP contribution in [0, 0.1) is 0 Å². The van der Waals surface area contributed by atoms with E-state index in [1.54, 1.807) is 7.11 Å². The third-order valence-corrected chi connectivity index (χ3v) is 2.79. The molecule has 1 N–H and O–H groups in total. The molecule has 3 heteroatoms. The molecule has 17 heavy (non-hydrogen) atoms. The summed E-state index contributed by atoms with van der Waals surface area (Å²) >= 11 is 0. The zero-order chi connectivity index (χ0) is 12.7. The summed E-state index contributed by atoms with van der Waals surface area (Å²) in [6.45, 7) is 7.85. The summed E-state index contributed by atoms with van der Waals surface area (Å²) in [5.74, 6) is 1.61. The first-order valence-electron chi connectivity index (χ1n) is 6.24. The van der Waals surface area contributed by atoms with Gasteiger partial charge < -0.3 is 14.8 Å². The highest BCUT2D eigenvalue weighted by atomic mass is 16.5. The molecular weight excluding hydrogens is 214 g/mol. The SMILES string of the molecule is CCOc1cc(CNC(C)CC)ccc1OC. The van der Waals surface area contributed by atoms with Crippen LogP contribution < -0.4 is 14.8 Å². The molecule has 0 bridgehead atoms. The van der Waals surface area contributed by atoms with Crippen molar-refractivity contribution in [1.82, 2.24) is 5.32 Å². The minimum atomic E-state index is 0.535. The maximum absolute atomic E-state index is 5.55. The van der Waals surface area contributed by atoms with Crippen molar-refractivity contribution in [1.29, 1.82) is 0 Å². The van der Waals surface area contributed by atoms with Gasteiger partial charge in [0.15, 0.2) is 11.5 Å². The minimum absolute atomic E-state index is 0.535. The molecule has 1 unspecified atom stereocenters. The van der Waals surface area contributed by atoms with E-state index in [9.17, 15) is 0 Å². The van der Waals surface area contributed by atoms with Crippen LogP contribution in [-0.2, 0) is 6.54 Å². The third kappa shape index (κ3) is 4.27. The molecule has 0 aromatic heterocycles. The lowest BCUT2D eigenvalue weighted by Crippen LogP contribution is -2.24. The highest BCUT2D eigenvalue weighted by Crippen LogP contribution is 2.27. The van der Waals surface area contributed by atoms with Gasteiger partial charge in [-0.1, -0.05) is 13.0 Å². The monoisotopic (exact) mass is 237 g/mol. The van der Waals surface area contributed by atoms with E-state index in [2.05, 4.69) is 25.2 Å². The molecule has 0 saturated heterocycles. The summed E-state index contributed by atoms with van der Waals surface area (Å²) in [5, 5.41) is 3.46. The van der Waals surface area contributed by atoms with Crippen molar-refractivity contribution in [2.24, 2.45) is 0 Å². The second-order valence-electron chi connectivity index (χ2n) is 4.11. The molecule has 3 nitrogen and oxygen atoms in total. The van der Waals surface area contributed by atoms with Gasteiger partial charge in [0.25, 0.3) is 0 Å². The second-order valence-corrected chi connectivity index (χ2v) is 4.11. The van der Waals surface area contributed by atoms with Crippen LogP contribution in [0.3, 0.4) is 0 Å². The van der Waals surface area contributed by atoms with Crippen molar-refractivity contribution in [3.05, 3.63) is 23.8 Å². The molecule has 0 aliphatic carbocycles. The largest absolute Gasteiger partial charge is 0.493 e. The standard InChI is InChI=1S/C14H23NO2/c1-5-11(3)15-10-12-7-8-13(16-4)14(9-12)17-6-2/h7-9,11,15H,5-6,10H2,1-4H3. The highest BCUT2D eigenvalue weighted by Gasteiger charge is 2.05. The van der Waals surface area contributed by atoms with Crippen LogP contribution in [-0.4, -0.2) is 19.8 Å². The van der Waals surface area contributed by atoms with E-state index in [0.29, 0.717) is 12.6 Å². The smallest absolute Gasteiger partial charge is 0.161 e. The lowest BCUT2D eigenvalue weighted by molar-refractivity contribution is 0.310. The molecule has 0 amide bonds. The Kier molecular flexibility index (Phi) is 5.84. The molecule has 1 aromatic carbocycles. The topological polar surface area (TPSA) is 30.5 Å². The number of hydrogen-bond donors (Lipinski definition) is 1. The number of nitrogens with one attached hydrogen (secondary N) is 1. The second kappa shape index (κ2) is 7.17. The Bertz CT molecular complexity index is 339. The van der Waals surface area contributed by atoms with Crippen molar-refractivity contribution in [3.63, 3.8) is 0 Å². The summed E-state index contributed by atoms with van der Waals surface area (Å²) in [6, 6.07) is 6.60. The Labute approximate surface area is 104 Å². The summed E-state index contributed by atoms with van der Waals surface area (Å²) in [4.78, 5) is 0. The Morgan fingerprint density at radius 2 is 2.00 bits per heavy atom. The van der Waals surface area contributed by atoms with E-state index in [0.717, 1.165) is 24.5 Å². The molecule has 1 atom stereocenters. The molecule has 0 aliphatic heterocycles. The molecule has 0 heterocycles. The van der Waals surface area contributed by atoms with Gasteiger partial charge in [0, 0.05) is 12.6 Å². The lowest BCUT2D eigenvalue weighted by Gasteiger charge is -2.14. The van der Waals surface area contributed by atoms with Gasteiger partial charge in [-0.25, -0.2) is 0 Å². The molecule has 0 saturated carbocycles. The van der Waals surface area contributed by atoms with Gasteiger partial charge in [-0.15, -0.1) is 0 Å². The van der Waals surface area contributed by atoms with Gasteiger partial charge in [0.1, 0.15) is 0 Å². The van der Waals surface area contributed by atoms with E-state index in [-0.39, 0.29) is 0 Å². The third-order valence-electron chi connectivity index (χ3n) is 2.79. The number of ether oxygens (including phenoxy) is 2. The molecule has 1 aromatic rings. The van der Waals surface area contributed by atoms with Crippen LogP contribution in [0.4, 0.5) is 0 Å². The van der Waals surface area contributed by atoms with E-state index in [1.165, 1.54) is 5.56 Å². The number of benzene rings is 1. The Morgan fingerprint density at radius 1 is 1.24 bits per heavy atom. The fourth-order valence-electron chi connectivity index (χ4n) is 1.54. The molecule has 96 valence electrons. The zero-order valence-electron chi connectivity index (χ0n) is 11.2. The minimum Gasteiger partial charge on any atom is -0.493 e. The fourth-order valence-corrected chi connectivity index (χ4v) is 1.54. The van der Waals surface area contributed by atoms with Gasteiger partial charge in [-0.05, 0) is 38.0 Å². The van der Waals surface area contributed by atoms with Crippen molar-refractivity contribution >= 4 is 0 Å². The van der Waals surface area contributed by atoms with Gasteiger partial charge in [-0.3, -0.25) is 0 Å². The summed E-state index contributed by atoms with van der Waals surface area (Å²) < 4.78 is 10.8. The fraction of sp³-hybridized carbons (Fsp3) is 0.571. The van der Waals surface area contributed by atoms with Gasteiger partial charge >= 0.3 is 0 Å². The van der Waals surface area contributed by atoms with E-state index >= 15 is 0 Å². The van der Waals surface area contributed by atoms with Crippen molar-refractivity contribution in [3.8, 4) is 11.5 Å². The van der Waals surface area contributed by atoms with Crippen molar-refractivity contribution in [2.75, 3.05) is 13.7 Å². The number of hydrogen-bond acceptors (Lipinski definition) is 3. The maximum atomic E-state index is 5.55. The van der Waals surface area contributed by atoms with Gasteiger partial charge in [-0.2, -0.15) is 0 Å². The molecule has 1 rings (SSSR count). The number of rotatable bonds is 7. The molecular formula is C14H23NO2. The molecule has 0 aliphatic rings. The quantitative estimate of drug-likeness (QED) is 0.791. The molecule has 0 spiro atoms. The van der Waals surface area contributed by atoms with Gasteiger partial charge in [0.05, 0.1) is 13.7 Å². The van der Waals surface area contributed by atoms with Crippen LogP contribution in [0.25, 0.3) is 0 Å². The Balaban J connectivity index is 2.70. The van der Waals surface area contributed by atoms with Crippen molar-refractivity contribution < 1.29 is 9.47 Å². The van der Waals surface area contributed by atoms with Crippen LogP contribution in [0.15, 0.2) is 18.2 Å². The van der Waals surface area contributed by atoms with E-state index in [1.807, 2.05) is 19.1 Å². The summed E-state index contributed by atoms with van der Waals surface area (Å²) in [5.41, 5.74) is 1.22. The van der Waals surface area contributed by atoms with Crippen LogP contribution in [0.2, 0.25) is 0 Å². The van der Waals surface area contributed by atoms with Crippen molar-refractivity contribution in [2.45, 2.75) is 39.8 Å². The van der Waals surface area contributed by atoms with Crippen LogP contribution >= 0.6 is 0 Å². The zero-order valence-corrected chi connectivity index (χ0v) is 11.2. The van der Waals surface area contributed by atoms with Crippen LogP contribution in [0.1, 0.15) is 32.8 Å². The predicted molar refractivity (Wildman–Crippen MR) is 70.8 cm³/mol. The lowest BCUT2D eigenvalue weighted by atomic mass is 10.2. The Morgan fingerprint density at radius 3 is 2.59 bits per heavy atom. The first-order valence-corrected chi connectivity index (χ1v) is 6.24.